The van der Waals surface area contributed by atoms with Crippen LogP contribution in [0.2, 0.25) is 0 Å². The van der Waals surface area contributed by atoms with Gasteiger partial charge in [0.1, 0.15) is 5.56 Å². The van der Waals surface area contributed by atoms with E-state index in [0.29, 0.717) is 30.4 Å². The highest BCUT2D eigenvalue weighted by molar-refractivity contribution is 6.03. The van der Waals surface area contributed by atoms with E-state index >= 15 is 4.39 Å². The number of methoxy groups -OCH3 is 2. The number of hydrogen-bond donors (Lipinski definition) is 1. The highest BCUT2D eigenvalue weighted by Gasteiger charge is 2.38. The van der Waals surface area contributed by atoms with E-state index in [2.05, 4.69) is 16.9 Å². The number of carbonyl (C=O) groups excluding carboxylic acids is 1. The molecular weight excluding hydrogens is 634 g/mol. The van der Waals surface area contributed by atoms with Crippen LogP contribution in [0.15, 0.2) is 42.6 Å². The molecule has 0 unspecified atom stereocenters. The molecule has 258 valence electrons. The summed E-state index contributed by atoms with van der Waals surface area (Å²) in [6, 6.07) is 7.04. The zero-order valence-corrected chi connectivity index (χ0v) is 27.1. The number of carbonyl (C=O) groups is 2. The third kappa shape index (κ3) is 8.30. The molecular formula is C35H39F4N3O6. The number of carboxylic acids is 1. The van der Waals surface area contributed by atoms with E-state index in [4.69, 9.17) is 14.2 Å². The van der Waals surface area contributed by atoms with Crippen LogP contribution in [-0.2, 0) is 26.9 Å². The average Bonchev–Trinajstić information content (AvgIpc) is 3.89. The van der Waals surface area contributed by atoms with E-state index in [1.807, 2.05) is 12.1 Å². The van der Waals surface area contributed by atoms with Crippen molar-refractivity contribution in [2.24, 2.45) is 11.8 Å². The van der Waals surface area contributed by atoms with Crippen molar-refractivity contribution in [1.29, 1.82) is 0 Å². The van der Waals surface area contributed by atoms with Crippen LogP contribution >= 0.6 is 0 Å². The van der Waals surface area contributed by atoms with Crippen LogP contribution in [-0.4, -0.2) is 60.4 Å². The Morgan fingerprint density at radius 3 is 2.31 bits per heavy atom. The molecule has 2 aliphatic carbocycles. The molecule has 1 amide bonds. The quantitative estimate of drug-likeness (QED) is 0.187. The normalized spacial score (nSPS) is 18.2. The van der Waals surface area contributed by atoms with Crippen molar-refractivity contribution in [2.75, 3.05) is 32.3 Å². The molecule has 2 fully saturated rings. The molecule has 0 bridgehead atoms. The lowest BCUT2D eigenvalue weighted by atomic mass is 9.82. The van der Waals surface area contributed by atoms with Crippen molar-refractivity contribution in [3.05, 3.63) is 76.5 Å². The van der Waals surface area contributed by atoms with Gasteiger partial charge in [-0.1, -0.05) is 13.0 Å². The Kier molecular flexibility index (Phi) is 11.0. The number of alkyl halides is 3. The SMILES string of the molecule is COCC(COC)N(c1cc(F)c(Oc2ncc(Cc3cccc(C4CC4)n3)cc2C(F)(F)F)cc1C(=O)O)C(=O)[C@H]1CC[C@H](C)CC1. The van der Waals surface area contributed by atoms with Crippen molar-refractivity contribution >= 4 is 17.6 Å². The molecule has 2 aromatic heterocycles. The van der Waals surface area contributed by atoms with Crippen LogP contribution in [0.1, 0.15) is 84.2 Å². The van der Waals surface area contributed by atoms with Crippen LogP contribution in [0.25, 0.3) is 0 Å². The van der Waals surface area contributed by atoms with Gasteiger partial charge in [0.2, 0.25) is 11.8 Å². The van der Waals surface area contributed by atoms with Crippen LogP contribution in [0.5, 0.6) is 11.6 Å². The molecule has 0 radical (unpaired) electrons. The largest absolute Gasteiger partial charge is 0.478 e. The fourth-order valence-electron chi connectivity index (χ4n) is 6.17. The highest BCUT2D eigenvalue weighted by Crippen LogP contribution is 2.41. The molecule has 0 aliphatic heterocycles. The lowest BCUT2D eigenvalue weighted by molar-refractivity contribution is -0.139. The van der Waals surface area contributed by atoms with Gasteiger partial charge in [-0.25, -0.2) is 14.2 Å². The smallest absolute Gasteiger partial charge is 0.421 e. The predicted octanol–water partition coefficient (Wildman–Crippen LogP) is 7.41. The summed E-state index contributed by atoms with van der Waals surface area (Å²) in [7, 11) is 2.81. The summed E-state index contributed by atoms with van der Waals surface area (Å²) in [6.45, 7) is 1.99. The Hall–Kier alpha value is -4.10. The molecule has 3 aromatic rings. The van der Waals surface area contributed by atoms with E-state index in [1.165, 1.54) is 25.3 Å². The first-order valence-electron chi connectivity index (χ1n) is 16.0. The Labute approximate surface area is 276 Å². The first kappa shape index (κ1) is 35.2. The summed E-state index contributed by atoms with van der Waals surface area (Å²) in [4.78, 5) is 36.1. The minimum atomic E-state index is -4.93. The average molecular weight is 674 g/mol. The lowest BCUT2D eigenvalue weighted by Gasteiger charge is -2.36. The second kappa shape index (κ2) is 15.0. The molecule has 9 nitrogen and oxygen atoms in total. The first-order valence-corrected chi connectivity index (χ1v) is 16.0. The van der Waals surface area contributed by atoms with Crippen LogP contribution in [0.4, 0.5) is 23.2 Å². The van der Waals surface area contributed by atoms with Crippen molar-refractivity contribution in [3.63, 3.8) is 0 Å². The number of aromatic nitrogens is 2. The number of halogens is 4. The number of benzene rings is 1. The number of rotatable bonds is 13. The Bertz CT molecular complexity index is 1620. The maximum Gasteiger partial charge on any atom is 0.421 e. The minimum Gasteiger partial charge on any atom is -0.478 e. The van der Waals surface area contributed by atoms with Crippen LogP contribution in [0.3, 0.4) is 0 Å². The summed E-state index contributed by atoms with van der Waals surface area (Å²) in [5.41, 5.74) is -0.400. The third-order valence-electron chi connectivity index (χ3n) is 8.85. The van der Waals surface area contributed by atoms with Crippen molar-refractivity contribution in [2.45, 2.75) is 70.0 Å². The van der Waals surface area contributed by atoms with Gasteiger partial charge in [-0.15, -0.1) is 0 Å². The second-order valence-electron chi connectivity index (χ2n) is 12.6. The van der Waals surface area contributed by atoms with Gasteiger partial charge in [0, 0.05) is 62.2 Å². The summed E-state index contributed by atoms with van der Waals surface area (Å²) in [5, 5.41) is 10.2. The van der Waals surface area contributed by atoms with E-state index in [0.717, 1.165) is 49.6 Å². The molecule has 0 spiro atoms. The minimum absolute atomic E-state index is 0.0484. The zero-order valence-electron chi connectivity index (χ0n) is 27.1. The van der Waals surface area contributed by atoms with Crippen LogP contribution in [0, 0.1) is 17.7 Å². The Balaban J connectivity index is 1.50. The maximum atomic E-state index is 15.8. The lowest BCUT2D eigenvalue weighted by Crippen LogP contribution is -2.49. The van der Waals surface area contributed by atoms with E-state index in [-0.39, 0.29) is 30.9 Å². The highest BCUT2D eigenvalue weighted by atomic mass is 19.4. The van der Waals surface area contributed by atoms with Gasteiger partial charge in [-0.05, 0) is 68.2 Å². The van der Waals surface area contributed by atoms with E-state index in [9.17, 15) is 27.9 Å². The molecule has 0 atom stereocenters. The molecule has 0 saturated heterocycles. The van der Waals surface area contributed by atoms with Crippen molar-refractivity contribution < 1.29 is 46.5 Å². The second-order valence-corrected chi connectivity index (χ2v) is 12.6. The standard InChI is InChI=1S/C35H39F4N3O6/c1-20-7-9-23(10-8-20)33(43)42(25(18-46-2)19-47-3)30-16-28(36)31(15-26(30)34(44)45)48-32-27(35(37,38)39)14-21(17-40-32)13-24-5-4-6-29(41-24)22-11-12-22/h4-6,14-17,20,22-23,25H,7-13,18-19H2,1-3H3,(H,44,45)/t20-,23-. The molecule has 1 N–H and O–H groups in total. The molecule has 2 heterocycles. The van der Waals surface area contributed by atoms with Gasteiger partial charge in [-0.2, -0.15) is 13.2 Å². The number of hydrogen-bond acceptors (Lipinski definition) is 7. The molecule has 2 saturated carbocycles. The number of ether oxygens (including phenoxy) is 3. The molecule has 5 rings (SSSR count). The summed E-state index contributed by atoms with van der Waals surface area (Å²) in [5.74, 6) is -4.53. The predicted molar refractivity (Wildman–Crippen MR) is 168 cm³/mol. The van der Waals surface area contributed by atoms with Gasteiger partial charge in [0.15, 0.2) is 11.6 Å². The summed E-state index contributed by atoms with van der Waals surface area (Å²) < 4.78 is 74.5. The molecule has 1 aromatic carbocycles. The number of aromatic carboxylic acids is 1. The number of amides is 1. The Morgan fingerprint density at radius 2 is 1.71 bits per heavy atom. The van der Waals surface area contributed by atoms with Gasteiger partial charge in [0.25, 0.3) is 0 Å². The summed E-state index contributed by atoms with van der Waals surface area (Å²) in [6.07, 6.45) is 1.13. The molecule has 13 heteroatoms. The molecule has 48 heavy (non-hydrogen) atoms. The van der Waals surface area contributed by atoms with Crippen LogP contribution < -0.4 is 9.64 Å². The Morgan fingerprint density at radius 1 is 1.02 bits per heavy atom. The van der Waals surface area contributed by atoms with Gasteiger partial charge < -0.3 is 24.2 Å². The maximum absolute atomic E-state index is 15.8. The summed E-state index contributed by atoms with van der Waals surface area (Å²) >= 11 is 0. The van der Waals surface area contributed by atoms with Gasteiger partial charge in [0.05, 0.1) is 30.5 Å². The monoisotopic (exact) mass is 673 g/mol. The third-order valence-corrected chi connectivity index (χ3v) is 8.85. The first-order chi connectivity index (χ1) is 22.9. The van der Waals surface area contributed by atoms with Crippen molar-refractivity contribution in [1.82, 2.24) is 9.97 Å². The van der Waals surface area contributed by atoms with Crippen molar-refractivity contribution in [3.8, 4) is 11.6 Å². The van der Waals surface area contributed by atoms with E-state index in [1.54, 1.807) is 6.07 Å². The zero-order chi connectivity index (χ0) is 34.6. The van der Waals surface area contributed by atoms with Gasteiger partial charge in [-0.3, -0.25) is 9.78 Å². The van der Waals surface area contributed by atoms with E-state index < -0.39 is 58.6 Å². The number of anilines is 1. The molecule has 2 aliphatic rings. The fraction of sp³-hybridized carbons (Fsp3) is 0.486. The van der Waals surface area contributed by atoms with Gasteiger partial charge >= 0.3 is 12.1 Å². The number of carboxylic acid groups (broad SMARTS) is 1. The number of pyridine rings is 2. The fourth-order valence-corrected chi connectivity index (χ4v) is 6.17. The topological polar surface area (TPSA) is 111 Å². The number of nitrogens with zero attached hydrogens (tertiary/aromatic N) is 3.